The van der Waals surface area contributed by atoms with E-state index in [-0.39, 0.29) is 5.91 Å². The lowest BCUT2D eigenvalue weighted by Crippen LogP contribution is -2.54. The van der Waals surface area contributed by atoms with Crippen molar-refractivity contribution in [1.29, 1.82) is 0 Å². The molecule has 1 atom stereocenters. The van der Waals surface area contributed by atoms with Crippen LogP contribution in [-0.2, 0) is 23.4 Å². The molecule has 6 nitrogen and oxygen atoms in total. The molecule has 1 amide bonds. The Hall–Kier alpha value is -3.25. The summed E-state index contributed by atoms with van der Waals surface area (Å²) in [5.74, 6) is 0.957. The zero-order chi connectivity index (χ0) is 22.4. The van der Waals surface area contributed by atoms with Crippen LogP contribution in [-0.4, -0.2) is 52.9 Å². The van der Waals surface area contributed by atoms with E-state index in [1.807, 2.05) is 62.8 Å². The number of likely N-dealkylation sites (N-methyl/N-ethyl adjacent to an activating group) is 1. The van der Waals surface area contributed by atoms with E-state index >= 15 is 0 Å². The number of carbonyl (C=O) groups excluding carboxylic acids is 1. The van der Waals surface area contributed by atoms with Crippen LogP contribution in [0, 0.1) is 0 Å². The number of carbonyl (C=O) groups is 1. The summed E-state index contributed by atoms with van der Waals surface area (Å²) in [6, 6.07) is 18.0. The zero-order valence-corrected chi connectivity index (χ0v) is 18.8. The first-order chi connectivity index (χ1) is 15.6. The molecule has 0 N–H and O–H groups in total. The van der Waals surface area contributed by atoms with Gasteiger partial charge in [0.15, 0.2) is 0 Å². The first-order valence-corrected chi connectivity index (χ1v) is 11.0. The number of hydrogen-bond donors (Lipinski definition) is 0. The minimum atomic E-state index is -0.614. The zero-order valence-electron chi connectivity index (χ0n) is 18.8. The van der Waals surface area contributed by atoms with Crippen LogP contribution in [0.5, 0.6) is 5.75 Å². The van der Waals surface area contributed by atoms with Crippen LogP contribution in [0.25, 0.3) is 0 Å². The Morgan fingerprint density at radius 2 is 1.97 bits per heavy atom. The van der Waals surface area contributed by atoms with Gasteiger partial charge < -0.3 is 9.64 Å². The summed E-state index contributed by atoms with van der Waals surface area (Å²) in [4.78, 5) is 26.1. The molecule has 2 aromatic heterocycles. The van der Waals surface area contributed by atoms with E-state index < -0.39 is 5.41 Å². The molecule has 6 heteroatoms. The molecule has 0 spiro atoms. The quantitative estimate of drug-likeness (QED) is 0.572. The van der Waals surface area contributed by atoms with Crippen LogP contribution < -0.4 is 4.74 Å². The highest BCUT2D eigenvalue weighted by Crippen LogP contribution is 2.35. The van der Waals surface area contributed by atoms with Crippen molar-refractivity contribution in [2.24, 2.45) is 0 Å². The van der Waals surface area contributed by atoms with Gasteiger partial charge in [0.1, 0.15) is 17.8 Å². The number of amides is 1. The van der Waals surface area contributed by atoms with Crippen molar-refractivity contribution in [3.63, 3.8) is 0 Å². The number of aromatic nitrogens is 2. The molecule has 1 aliphatic rings. The second-order valence-electron chi connectivity index (χ2n) is 8.61. The molecule has 166 valence electrons. The molecule has 32 heavy (non-hydrogen) atoms. The molecule has 1 saturated heterocycles. The Balaban J connectivity index is 1.49. The number of piperidine rings is 1. The molecule has 0 aliphatic carbocycles. The van der Waals surface area contributed by atoms with Gasteiger partial charge in [-0.2, -0.15) is 0 Å². The molecule has 0 radical (unpaired) electrons. The Kier molecular flexibility index (Phi) is 6.81. The van der Waals surface area contributed by atoms with Crippen LogP contribution >= 0.6 is 0 Å². The maximum atomic E-state index is 13.3. The highest BCUT2D eigenvalue weighted by molar-refractivity contribution is 5.88. The van der Waals surface area contributed by atoms with Crippen molar-refractivity contribution < 1.29 is 9.53 Å². The van der Waals surface area contributed by atoms with Gasteiger partial charge in [-0.25, -0.2) is 0 Å². The van der Waals surface area contributed by atoms with Crippen molar-refractivity contribution >= 4 is 5.91 Å². The van der Waals surface area contributed by atoms with Crippen molar-refractivity contribution in [3.05, 3.63) is 90.0 Å². The summed E-state index contributed by atoms with van der Waals surface area (Å²) in [5.41, 5.74) is 2.45. The molecule has 3 heterocycles. The van der Waals surface area contributed by atoms with E-state index in [1.165, 1.54) is 5.56 Å². The summed E-state index contributed by atoms with van der Waals surface area (Å²) in [7, 11) is 3.66. The average molecular weight is 431 g/mol. The van der Waals surface area contributed by atoms with E-state index in [0.717, 1.165) is 42.9 Å². The Morgan fingerprint density at radius 3 is 2.72 bits per heavy atom. The monoisotopic (exact) mass is 430 g/mol. The normalized spacial score (nSPS) is 18.8. The summed E-state index contributed by atoms with van der Waals surface area (Å²) in [6.07, 6.45) is 7.12. The topological polar surface area (TPSA) is 58.6 Å². The fourth-order valence-electron chi connectivity index (χ4n) is 4.49. The highest BCUT2D eigenvalue weighted by Gasteiger charge is 2.45. The predicted octanol–water partition coefficient (Wildman–Crippen LogP) is 3.68. The minimum Gasteiger partial charge on any atom is -0.489 e. The number of hydrogen-bond acceptors (Lipinski definition) is 5. The lowest BCUT2D eigenvalue weighted by Gasteiger charge is -2.42. The Morgan fingerprint density at radius 1 is 1.09 bits per heavy atom. The van der Waals surface area contributed by atoms with Gasteiger partial charge in [-0.15, -0.1) is 0 Å². The van der Waals surface area contributed by atoms with E-state index in [1.54, 1.807) is 17.3 Å². The fraction of sp³-hybridized carbons (Fsp3) is 0.346. The smallest absolute Gasteiger partial charge is 0.235 e. The molecule has 1 unspecified atom stereocenters. The first-order valence-electron chi connectivity index (χ1n) is 11.0. The number of nitrogens with zero attached hydrogens (tertiary/aromatic N) is 4. The van der Waals surface area contributed by atoms with Crippen molar-refractivity contribution in [2.75, 3.05) is 27.2 Å². The van der Waals surface area contributed by atoms with Crippen molar-refractivity contribution in [1.82, 2.24) is 19.8 Å². The van der Waals surface area contributed by atoms with Crippen LogP contribution in [0.15, 0.2) is 73.2 Å². The minimum absolute atomic E-state index is 0.120. The van der Waals surface area contributed by atoms with Crippen LogP contribution in [0.1, 0.15) is 29.7 Å². The number of likely N-dealkylation sites (tertiary alicyclic amines) is 1. The third-order valence-electron chi connectivity index (χ3n) is 5.98. The van der Waals surface area contributed by atoms with E-state index in [4.69, 9.17) is 4.74 Å². The molecule has 1 aliphatic heterocycles. The summed E-state index contributed by atoms with van der Waals surface area (Å²) >= 11 is 0. The first kappa shape index (κ1) is 22.0. The third-order valence-corrected chi connectivity index (χ3v) is 5.98. The number of ether oxygens (including phenoxy) is 1. The standard InChI is InChI=1S/C26H30N4O2/c1-29(2)25(31)26(24-11-3-4-14-28-24)12-7-15-30(20-26)18-21-8-5-10-23(16-21)32-19-22-9-6-13-27-17-22/h3-6,8-11,13-14,16-17H,7,12,15,18-20H2,1-2H3. The number of rotatable bonds is 7. The summed E-state index contributed by atoms with van der Waals surface area (Å²) in [6.45, 7) is 2.86. The lowest BCUT2D eigenvalue weighted by atomic mass is 9.75. The molecule has 0 saturated carbocycles. The average Bonchev–Trinajstić information content (AvgIpc) is 2.84. The van der Waals surface area contributed by atoms with E-state index in [0.29, 0.717) is 13.2 Å². The summed E-state index contributed by atoms with van der Waals surface area (Å²) < 4.78 is 5.97. The second kappa shape index (κ2) is 9.92. The van der Waals surface area contributed by atoms with Gasteiger partial charge in [0, 0.05) is 51.3 Å². The van der Waals surface area contributed by atoms with Gasteiger partial charge in [0.25, 0.3) is 0 Å². The van der Waals surface area contributed by atoms with Gasteiger partial charge in [-0.3, -0.25) is 19.7 Å². The molecular weight excluding hydrogens is 400 g/mol. The lowest BCUT2D eigenvalue weighted by molar-refractivity contribution is -0.137. The van der Waals surface area contributed by atoms with Gasteiger partial charge in [0.2, 0.25) is 5.91 Å². The maximum Gasteiger partial charge on any atom is 0.235 e. The third kappa shape index (κ3) is 4.97. The van der Waals surface area contributed by atoms with Gasteiger partial charge in [-0.1, -0.05) is 24.3 Å². The molecule has 1 fully saturated rings. The Bertz CT molecular complexity index is 1030. The highest BCUT2D eigenvalue weighted by atomic mass is 16.5. The number of benzene rings is 1. The summed E-state index contributed by atoms with van der Waals surface area (Å²) in [5, 5.41) is 0. The second-order valence-corrected chi connectivity index (χ2v) is 8.61. The molecule has 4 rings (SSSR count). The van der Waals surface area contributed by atoms with E-state index in [2.05, 4.69) is 27.0 Å². The van der Waals surface area contributed by atoms with Crippen LogP contribution in [0.2, 0.25) is 0 Å². The molecular formula is C26H30N4O2. The van der Waals surface area contributed by atoms with Gasteiger partial charge >= 0.3 is 0 Å². The molecule has 3 aromatic rings. The Labute approximate surface area is 189 Å². The fourth-order valence-corrected chi connectivity index (χ4v) is 4.49. The number of pyridine rings is 2. The largest absolute Gasteiger partial charge is 0.489 e. The van der Waals surface area contributed by atoms with Crippen molar-refractivity contribution in [2.45, 2.75) is 31.4 Å². The molecule has 1 aromatic carbocycles. The maximum absolute atomic E-state index is 13.3. The molecule has 0 bridgehead atoms. The van der Waals surface area contributed by atoms with Gasteiger partial charge in [0.05, 0.1) is 5.69 Å². The SMILES string of the molecule is CN(C)C(=O)C1(c2ccccn2)CCCN(Cc2cccc(OCc3cccnc3)c2)C1. The van der Waals surface area contributed by atoms with Gasteiger partial charge in [-0.05, 0) is 55.3 Å². The van der Waals surface area contributed by atoms with E-state index in [9.17, 15) is 4.79 Å². The van der Waals surface area contributed by atoms with Crippen LogP contribution in [0.4, 0.5) is 0 Å². The van der Waals surface area contributed by atoms with Crippen LogP contribution in [0.3, 0.4) is 0 Å². The predicted molar refractivity (Wildman–Crippen MR) is 124 cm³/mol. The van der Waals surface area contributed by atoms with Crippen molar-refractivity contribution in [3.8, 4) is 5.75 Å².